The quantitative estimate of drug-likeness (QED) is 0.692. The van der Waals surface area contributed by atoms with Crippen molar-refractivity contribution in [2.75, 3.05) is 0 Å². The van der Waals surface area contributed by atoms with E-state index in [-0.39, 0.29) is 6.04 Å². The summed E-state index contributed by atoms with van der Waals surface area (Å²) in [5.41, 5.74) is 9.65. The Morgan fingerprint density at radius 1 is 1.05 bits per heavy atom. The van der Waals surface area contributed by atoms with Crippen LogP contribution in [0.4, 0.5) is 0 Å². The van der Waals surface area contributed by atoms with Crippen LogP contribution in [0.3, 0.4) is 0 Å². The van der Waals surface area contributed by atoms with E-state index in [9.17, 15) is 0 Å². The van der Waals surface area contributed by atoms with Crippen LogP contribution in [0.1, 0.15) is 17.2 Å². The molecule has 0 spiro atoms. The topological polar surface area (TPSA) is 43.8 Å². The Balaban J connectivity index is 1.75. The van der Waals surface area contributed by atoms with Crippen molar-refractivity contribution in [3.05, 3.63) is 81.7 Å². The Bertz CT molecular complexity index is 704. The molecule has 0 radical (unpaired) electrons. The molecule has 0 aliphatic rings. The molecule has 1 heterocycles. The molecule has 0 amide bonds. The highest BCUT2D eigenvalue weighted by atomic mass is 127. The number of aromatic nitrogens is 2. The van der Waals surface area contributed by atoms with Gasteiger partial charge in [-0.2, -0.15) is 5.10 Å². The van der Waals surface area contributed by atoms with Crippen molar-refractivity contribution in [3.8, 4) is 5.69 Å². The van der Waals surface area contributed by atoms with Crippen molar-refractivity contribution in [2.45, 2.75) is 12.5 Å². The zero-order valence-corrected chi connectivity index (χ0v) is 13.6. The van der Waals surface area contributed by atoms with Gasteiger partial charge in [0, 0.05) is 21.4 Å². The first kappa shape index (κ1) is 14.3. The first-order valence-corrected chi connectivity index (χ1v) is 7.90. The molecule has 0 bridgehead atoms. The predicted molar refractivity (Wildman–Crippen MR) is 93.4 cm³/mol. The lowest BCUT2D eigenvalue weighted by molar-refractivity contribution is 0.721. The lowest BCUT2D eigenvalue weighted by Gasteiger charge is -2.09. The second-order valence-corrected chi connectivity index (χ2v) is 6.24. The molecule has 3 rings (SSSR count). The second kappa shape index (κ2) is 6.41. The molecule has 2 aromatic carbocycles. The number of nitrogens with zero attached hydrogens (tertiary/aromatic N) is 2. The van der Waals surface area contributed by atoms with Crippen molar-refractivity contribution in [1.82, 2.24) is 9.78 Å². The second-order valence-electron chi connectivity index (χ2n) is 4.99. The average molecular weight is 389 g/mol. The molecule has 0 aliphatic carbocycles. The number of nitrogens with two attached hydrogens (primary N) is 1. The third kappa shape index (κ3) is 3.51. The average Bonchev–Trinajstić information content (AvgIpc) is 3.00. The van der Waals surface area contributed by atoms with E-state index < -0.39 is 0 Å². The van der Waals surface area contributed by atoms with Crippen LogP contribution >= 0.6 is 22.6 Å². The molecule has 106 valence electrons. The number of rotatable bonds is 4. The van der Waals surface area contributed by atoms with Gasteiger partial charge in [-0.15, -0.1) is 0 Å². The highest BCUT2D eigenvalue weighted by Gasteiger charge is 2.10. The minimum atomic E-state index is -0.0393. The van der Waals surface area contributed by atoms with Crippen molar-refractivity contribution in [2.24, 2.45) is 5.73 Å². The van der Waals surface area contributed by atoms with Crippen LogP contribution in [-0.4, -0.2) is 9.78 Å². The predicted octanol–water partition coefficient (Wildman–Crippen LogP) is 3.72. The highest BCUT2D eigenvalue weighted by molar-refractivity contribution is 14.1. The van der Waals surface area contributed by atoms with Gasteiger partial charge >= 0.3 is 0 Å². The van der Waals surface area contributed by atoms with Gasteiger partial charge in [-0.3, -0.25) is 0 Å². The van der Waals surface area contributed by atoms with Crippen LogP contribution < -0.4 is 5.73 Å². The summed E-state index contributed by atoms with van der Waals surface area (Å²) in [4.78, 5) is 0. The summed E-state index contributed by atoms with van der Waals surface area (Å²) in [5, 5.41) is 4.40. The fourth-order valence-electron chi connectivity index (χ4n) is 2.24. The number of halogens is 1. The van der Waals surface area contributed by atoms with Crippen molar-refractivity contribution in [1.29, 1.82) is 0 Å². The van der Waals surface area contributed by atoms with Crippen LogP contribution in [0.2, 0.25) is 0 Å². The summed E-state index contributed by atoms with van der Waals surface area (Å²) in [6.45, 7) is 0. The van der Waals surface area contributed by atoms with Gasteiger partial charge in [0.15, 0.2) is 0 Å². The fourth-order valence-corrected chi connectivity index (χ4v) is 2.60. The molecule has 0 saturated heterocycles. The summed E-state index contributed by atoms with van der Waals surface area (Å²) in [6.07, 6.45) is 4.68. The van der Waals surface area contributed by atoms with E-state index in [1.54, 1.807) is 0 Å². The normalized spacial score (nSPS) is 12.3. The molecule has 3 nitrogen and oxygen atoms in total. The molecule has 1 atom stereocenters. The Labute approximate surface area is 137 Å². The first-order chi connectivity index (χ1) is 10.2. The SMILES string of the molecule is NC(Cc1ccc(I)cc1)c1cnn(-c2ccccc2)c1. The highest BCUT2D eigenvalue weighted by Crippen LogP contribution is 2.18. The molecule has 0 aliphatic heterocycles. The monoisotopic (exact) mass is 389 g/mol. The zero-order valence-electron chi connectivity index (χ0n) is 11.5. The van der Waals surface area contributed by atoms with Gasteiger partial charge in [-0.25, -0.2) is 4.68 Å². The fraction of sp³-hybridized carbons (Fsp3) is 0.118. The molecule has 1 aromatic heterocycles. The molecule has 1 unspecified atom stereocenters. The van der Waals surface area contributed by atoms with Gasteiger partial charge in [-0.05, 0) is 58.8 Å². The Morgan fingerprint density at radius 2 is 1.76 bits per heavy atom. The molecule has 0 saturated carbocycles. The summed E-state index contributed by atoms with van der Waals surface area (Å²) >= 11 is 2.31. The van der Waals surface area contributed by atoms with Gasteiger partial charge < -0.3 is 5.73 Å². The Kier molecular flexibility index (Phi) is 4.36. The third-order valence-corrected chi connectivity index (χ3v) is 4.14. The molecular formula is C17H16IN3. The van der Waals surface area contributed by atoms with Gasteiger partial charge in [0.1, 0.15) is 0 Å². The third-order valence-electron chi connectivity index (χ3n) is 3.42. The van der Waals surface area contributed by atoms with Crippen molar-refractivity contribution >= 4 is 22.6 Å². The number of hydrogen-bond acceptors (Lipinski definition) is 2. The van der Waals surface area contributed by atoms with Gasteiger partial charge in [0.2, 0.25) is 0 Å². The van der Waals surface area contributed by atoms with Gasteiger partial charge in [-0.1, -0.05) is 30.3 Å². The maximum absolute atomic E-state index is 6.30. The van der Waals surface area contributed by atoms with E-state index in [0.717, 1.165) is 17.7 Å². The number of benzene rings is 2. The lowest BCUT2D eigenvalue weighted by Crippen LogP contribution is -2.12. The van der Waals surface area contributed by atoms with Crippen LogP contribution in [-0.2, 0) is 6.42 Å². The Hall–Kier alpha value is -1.66. The summed E-state index contributed by atoms with van der Waals surface area (Å²) < 4.78 is 3.10. The smallest absolute Gasteiger partial charge is 0.0645 e. The molecule has 21 heavy (non-hydrogen) atoms. The van der Waals surface area contributed by atoms with Crippen molar-refractivity contribution < 1.29 is 0 Å². The van der Waals surface area contributed by atoms with Gasteiger partial charge in [0.25, 0.3) is 0 Å². The maximum atomic E-state index is 6.30. The van der Waals surface area contributed by atoms with E-state index in [1.807, 2.05) is 47.4 Å². The largest absolute Gasteiger partial charge is 0.324 e. The zero-order chi connectivity index (χ0) is 14.7. The van der Waals surface area contributed by atoms with E-state index in [0.29, 0.717) is 0 Å². The maximum Gasteiger partial charge on any atom is 0.0645 e. The van der Waals surface area contributed by atoms with E-state index in [4.69, 9.17) is 5.73 Å². The van der Waals surface area contributed by atoms with Crippen LogP contribution in [0.15, 0.2) is 67.0 Å². The minimum absolute atomic E-state index is 0.0393. The van der Waals surface area contributed by atoms with Crippen LogP contribution in [0.5, 0.6) is 0 Å². The summed E-state index contributed by atoms with van der Waals surface area (Å²) in [6, 6.07) is 18.5. The molecule has 2 N–H and O–H groups in total. The molecular weight excluding hydrogens is 373 g/mol. The Morgan fingerprint density at radius 3 is 2.48 bits per heavy atom. The van der Waals surface area contributed by atoms with Gasteiger partial charge in [0.05, 0.1) is 11.9 Å². The molecule has 3 aromatic rings. The van der Waals surface area contributed by atoms with E-state index >= 15 is 0 Å². The number of hydrogen-bond donors (Lipinski definition) is 1. The number of para-hydroxylation sites is 1. The van der Waals surface area contributed by atoms with E-state index in [1.165, 1.54) is 9.13 Å². The standard InChI is InChI=1S/C17H16IN3/c18-15-8-6-13(7-9-15)10-17(19)14-11-20-21(12-14)16-4-2-1-3-5-16/h1-9,11-12,17H,10,19H2. The minimum Gasteiger partial charge on any atom is -0.324 e. The van der Waals surface area contributed by atoms with Crippen molar-refractivity contribution in [3.63, 3.8) is 0 Å². The summed E-state index contributed by atoms with van der Waals surface area (Å²) in [7, 11) is 0. The van der Waals surface area contributed by atoms with Crippen LogP contribution in [0, 0.1) is 3.57 Å². The first-order valence-electron chi connectivity index (χ1n) is 6.82. The van der Waals surface area contributed by atoms with Crippen LogP contribution in [0.25, 0.3) is 5.69 Å². The van der Waals surface area contributed by atoms with E-state index in [2.05, 4.69) is 52.0 Å². The molecule has 0 fully saturated rings. The molecule has 4 heteroatoms. The summed E-state index contributed by atoms with van der Waals surface area (Å²) in [5.74, 6) is 0. The lowest BCUT2D eigenvalue weighted by atomic mass is 10.0.